The van der Waals surface area contributed by atoms with E-state index in [0.717, 1.165) is 12.8 Å². The van der Waals surface area contributed by atoms with Crippen LogP contribution in [0.25, 0.3) is 0 Å². The maximum atomic E-state index is 12.3. The van der Waals surface area contributed by atoms with E-state index >= 15 is 0 Å². The highest BCUT2D eigenvalue weighted by Gasteiger charge is 2.44. The summed E-state index contributed by atoms with van der Waals surface area (Å²) < 4.78 is 5.25. The van der Waals surface area contributed by atoms with Gasteiger partial charge in [0, 0.05) is 12.5 Å². The Balaban J connectivity index is 2.15. The molecule has 0 spiro atoms. The number of carbonyl (C=O) groups excluding carboxylic acids is 1. The van der Waals surface area contributed by atoms with Crippen LogP contribution in [-0.2, 0) is 11.2 Å². The Morgan fingerprint density at radius 1 is 1.50 bits per heavy atom. The van der Waals surface area contributed by atoms with Crippen molar-refractivity contribution in [3.63, 3.8) is 0 Å². The van der Waals surface area contributed by atoms with E-state index in [1.807, 2.05) is 6.92 Å². The highest BCUT2D eigenvalue weighted by molar-refractivity contribution is 5.95. The number of hydrogen-bond acceptors (Lipinski definition) is 3. The maximum Gasteiger partial charge on any atom is 0.311 e. The third-order valence-corrected chi connectivity index (χ3v) is 4.31. The number of nitrogens with one attached hydrogen (secondary N) is 1. The third kappa shape index (κ3) is 2.57. The summed E-state index contributed by atoms with van der Waals surface area (Å²) in [5.74, 6) is -0.448. The predicted octanol–water partition coefficient (Wildman–Crippen LogP) is 2.61. The van der Waals surface area contributed by atoms with Crippen molar-refractivity contribution in [2.45, 2.75) is 52.0 Å². The standard InChI is InChI=1S/C15H21NO4/c1-3-11-10(7-9-20-11)13(17)16-12-6-4-5-8-15(12,2)14(18)19/h7,9,12H,3-6,8H2,1-2H3,(H,16,17)(H,18,19). The normalized spacial score (nSPS) is 26.2. The van der Waals surface area contributed by atoms with Crippen LogP contribution >= 0.6 is 0 Å². The molecule has 1 saturated carbocycles. The molecule has 110 valence electrons. The molecule has 2 atom stereocenters. The smallest absolute Gasteiger partial charge is 0.311 e. The molecule has 0 aliphatic heterocycles. The van der Waals surface area contributed by atoms with Crippen LogP contribution in [0.3, 0.4) is 0 Å². The molecule has 5 nitrogen and oxygen atoms in total. The number of carboxylic acids is 1. The Morgan fingerprint density at radius 2 is 2.25 bits per heavy atom. The van der Waals surface area contributed by atoms with Crippen molar-refractivity contribution in [2.75, 3.05) is 0 Å². The van der Waals surface area contributed by atoms with Crippen LogP contribution in [0.5, 0.6) is 0 Å². The lowest BCUT2D eigenvalue weighted by Crippen LogP contribution is -2.52. The van der Waals surface area contributed by atoms with Crippen LogP contribution in [0, 0.1) is 5.41 Å². The minimum Gasteiger partial charge on any atom is -0.481 e. The molecule has 1 aromatic heterocycles. The molecule has 1 aliphatic carbocycles. The topological polar surface area (TPSA) is 79.5 Å². The van der Waals surface area contributed by atoms with Gasteiger partial charge in [0.15, 0.2) is 0 Å². The summed E-state index contributed by atoms with van der Waals surface area (Å²) in [5, 5.41) is 12.3. The van der Waals surface area contributed by atoms with Crippen molar-refractivity contribution in [3.8, 4) is 0 Å². The van der Waals surface area contributed by atoms with Crippen LogP contribution in [-0.4, -0.2) is 23.0 Å². The molecule has 1 fully saturated rings. The Bertz CT molecular complexity index is 508. The first-order valence-electron chi connectivity index (χ1n) is 7.09. The Morgan fingerprint density at radius 3 is 2.90 bits per heavy atom. The number of carboxylic acid groups (broad SMARTS) is 1. The monoisotopic (exact) mass is 279 g/mol. The average Bonchev–Trinajstić information content (AvgIpc) is 2.89. The average molecular weight is 279 g/mol. The maximum absolute atomic E-state index is 12.3. The van der Waals surface area contributed by atoms with Gasteiger partial charge in [-0.2, -0.15) is 0 Å². The van der Waals surface area contributed by atoms with Crippen LogP contribution in [0.4, 0.5) is 0 Å². The van der Waals surface area contributed by atoms with E-state index in [2.05, 4.69) is 5.32 Å². The van der Waals surface area contributed by atoms with Gasteiger partial charge in [0.05, 0.1) is 17.2 Å². The predicted molar refractivity (Wildman–Crippen MR) is 73.6 cm³/mol. The Hall–Kier alpha value is -1.78. The van der Waals surface area contributed by atoms with Gasteiger partial charge in [-0.1, -0.05) is 19.8 Å². The molecule has 20 heavy (non-hydrogen) atoms. The fourth-order valence-corrected chi connectivity index (χ4v) is 2.87. The summed E-state index contributed by atoms with van der Waals surface area (Å²) in [6.07, 6.45) is 5.26. The van der Waals surface area contributed by atoms with Gasteiger partial charge in [0.2, 0.25) is 0 Å². The second-order valence-corrected chi connectivity index (χ2v) is 5.61. The number of aryl methyl sites for hydroxylation is 1. The lowest BCUT2D eigenvalue weighted by atomic mass is 9.71. The van der Waals surface area contributed by atoms with Crippen molar-refractivity contribution in [1.82, 2.24) is 5.32 Å². The van der Waals surface area contributed by atoms with Crippen LogP contribution in [0.1, 0.15) is 55.6 Å². The van der Waals surface area contributed by atoms with Gasteiger partial charge in [-0.3, -0.25) is 9.59 Å². The van der Waals surface area contributed by atoms with E-state index in [4.69, 9.17) is 4.42 Å². The first-order valence-corrected chi connectivity index (χ1v) is 7.09. The summed E-state index contributed by atoms with van der Waals surface area (Å²) in [6, 6.07) is 1.30. The number of carbonyl (C=O) groups is 2. The van der Waals surface area contributed by atoms with Crippen molar-refractivity contribution >= 4 is 11.9 Å². The minimum absolute atomic E-state index is 0.241. The Labute approximate surface area is 118 Å². The molecule has 2 rings (SSSR count). The highest BCUT2D eigenvalue weighted by Crippen LogP contribution is 2.36. The summed E-state index contributed by atoms with van der Waals surface area (Å²) >= 11 is 0. The lowest BCUT2D eigenvalue weighted by Gasteiger charge is -2.38. The number of aliphatic carboxylic acids is 1. The molecular weight excluding hydrogens is 258 g/mol. The molecule has 2 unspecified atom stereocenters. The fourth-order valence-electron chi connectivity index (χ4n) is 2.87. The van der Waals surface area contributed by atoms with E-state index in [9.17, 15) is 14.7 Å². The number of hydrogen-bond donors (Lipinski definition) is 2. The third-order valence-electron chi connectivity index (χ3n) is 4.31. The van der Waals surface area contributed by atoms with Gasteiger partial charge >= 0.3 is 5.97 Å². The van der Waals surface area contributed by atoms with E-state index in [1.54, 1.807) is 13.0 Å². The van der Waals surface area contributed by atoms with Gasteiger partial charge in [0.1, 0.15) is 5.76 Å². The van der Waals surface area contributed by atoms with Crippen molar-refractivity contribution in [3.05, 3.63) is 23.7 Å². The number of furan rings is 1. The summed E-state index contributed by atoms with van der Waals surface area (Å²) in [4.78, 5) is 23.8. The van der Waals surface area contributed by atoms with Gasteiger partial charge in [0.25, 0.3) is 5.91 Å². The minimum atomic E-state index is -0.885. The zero-order valence-electron chi connectivity index (χ0n) is 11.9. The van der Waals surface area contributed by atoms with Gasteiger partial charge in [-0.15, -0.1) is 0 Å². The van der Waals surface area contributed by atoms with Crippen molar-refractivity contribution < 1.29 is 19.1 Å². The molecular formula is C15H21NO4. The first-order chi connectivity index (χ1) is 9.49. The quantitative estimate of drug-likeness (QED) is 0.887. The molecule has 1 aliphatic rings. The van der Waals surface area contributed by atoms with Crippen LogP contribution in [0.15, 0.2) is 16.7 Å². The SMILES string of the molecule is CCc1occc1C(=O)NC1CCCCC1(C)C(=O)O. The molecule has 1 heterocycles. The molecule has 1 amide bonds. The van der Waals surface area contributed by atoms with Crippen LogP contribution < -0.4 is 5.32 Å². The van der Waals surface area contributed by atoms with Crippen LogP contribution in [0.2, 0.25) is 0 Å². The second kappa shape index (κ2) is 5.69. The fraction of sp³-hybridized carbons (Fsp3) is 0.600. The second-order valence-electron chi connectivity index (χ2n) is 5.61. The largest absolute Gasteiger partial charge is 0.481 e. The van der Waals surface area contributed by atoms with E-state index < -0.39 is 11.4 Å². The first kappa shape index (κ1) is 14.6. The lowest BCUT2D eigenvalue weighted by molar-refractivity contribution is -0.151. The van der Waals surface area contributed by atoms with Crippen molar-refractivity contribution in [1.29, 1.82) is 0 Å². The zero-order chi connectivity index (χ0) is 14.8. The van der Waals surface area contributed by atoms with E-state index in [0.29, 0.717) is 30.6 Å². The molecule has 0 bridgehead atoms. The molecule has 0 aromatic carbocycles. The molecule has 2 N–H and O–H groups in total. The highest BCUT2D eigenvalue weighted by atomic mass is 16.4. The number of rotatable bonds is 4. The molecule has 0 saturated heterocycles. The zero-order valence-corrected chi connectivity index (χ0v) is 11.9. The Kier molecular flexibility index (Phi) is 4.16. The summed E-state index contributed by atoms with van der Waals surface area (Å²) in [6.45, 7) is 3.63. The number of amides is 1. The van der Waals surface area contributed by atoms with Gasteiger partial charge in [-0.05, 0) is 25.8 Å². The van der Waals surface area contributed by atoms with Crippen molar-refractivity contribution in [2.24, 2.45) is 5.41 Å². The van der Waals surface area contributed by atoms with Gasteiger partial charge in [-0.25, -0.2) is 0 Å². The molecule has 1 aromatic rings. The summed E-state index contributed by atoms with van der Waals surface area (Å²) in [5.41, 5.74) is -0.380. The molecule has 5 heteroatoms. The van der Waals surface area contributed by atoms with Gasteiger partial charge < -0.3 is 14.8 Å². The molecule has 0 radical (unpaired) electrons. The summed E-state index contributed by atoms with van der Waals surface area (Å²) in [7, 11) is 0. The van der Waals surface area contributed by atoms with E-state index in [1.165, 1.54) is 6.26 Å². The van der Waals surface area contributed by atoms with E-state index in [-0.39, 0.29) is 11.9 Å².